The molecule has 0 aliphatic carbocycles. The summed E-state index contributed by atoms with van der Waals surface area (Å²) in [5, 5.41) is 8.78. The third kappa shape index (κ3) is 4.07. The molecule has 0 atom stereocenters. The predicted molar refractivity (Wildman–Crippen MR) is 80.8 cm³/mol. The number of halogens is 1. The first kappa shape index (κ1) is 15.1. The molecule has 2 aromatic rings. The normalized spacial score (nSPS) is 9.76. The lowest BCUT2D eigenvalue weighted by molar-refractivity contribution is -0.142. The number of esters is 1. The number of benzene rings is 2. The molecule has 2 aromatic carbocycles. The van der Waals surface area contributed by atoms with Crippen molar-refractivity contribution in [3.63, 3.8) is 0 Å². The zero-order valence-electron chi connectivity index (χ0n) is 11.3. The molecule has 0 aliphatic heterocycles. The fraction of sp³-hybridized carbons (Fsp3) is 0.125. The average molecular weight is 346 g/mol. The van der Waals surface area contributed by atoms with Crippen LogP contribution in [0, 0.1) is 11.3 Å². The van der Waals surface area contributed by atoms with E-state index in [4.69, 9.17) is 14.7 Å². The van der Waals surface area contributed by atoms with Gasteiger partial charge in [-0.2, -0.15) is 5.26 Å². The van der Waals surface area contributed by atoms with Gasteiger partial charge in [0, 0.05) is 17.0 Å². The zero-order valence-corrected chi connectivity index (χ0v) is 12.9. The van der Waals surface area contributed by atoms with Crippen LogP contribution in [0.4, 0.5) is 0 Å². The van der Waals surface area contributed by atoms with Gasteiger partial charge in [0.15, 0.2) is 0 Å². The zero-order chi connectivity index (χ0) is 15.2. The summed E-state index contributed by atoms with van der Waals surface area (Å²) in [5.41, 5.74) is 1.31. The van der Waals surface area contributed by atoms with E-state index in [1.165, 1.54) is 6.92 Å². The second kappa shape index (κ2) is 6.91. The molecule has 2 rings (SSSR count). The van der Waals surface area contributed by atoms with Crippen molar-refractivity contribution in [2.45, 2.75) is 13.5 Å². The minimum absolute atomic E-state index is 0.127. The maximum Gasteiger partial charge on any atom is 0.302 e. The molecule has 0 amide bonds. The van der Waals surface area contributed by atoms with Crippen LogP contribution in [0.3, 0.4) is 0 Å². The fourth-order valence-corrected chi connectivity index (χ4v) is 2.14. The molecular weight excluding hydrogens is 334 g/mol. The lowest BCUT2D eigenvalue weighted by atomic mass is 10.2. The number of nitriles is 1. The van der Waals surface area contributed by atoms with Crippen LogP contribution in [-0.4, -0.2) is 5.97 Å². The van der Waals surface area contributed by atoms with Crippen molar-refractivity contribution in [2.24, 2.45) is 0 Å². The van der Waals surface area contributed by atoms with Crippen molar-refractivity contribution < 1.29 is 14.3 Å². The minimum atomic E-state index is -0.352. The van der Waals surface area contributed by atoms with Crippen molar-refractivity contribution in [1.82, 2.24) is 0 Å². The van der Waals surface area contributed by atoms with E-state index in [0.717, 1.165) is 10.0 Å². The van der Waals surface area contributed by atoms with Gasteiger partial charge in [0.2, 0.25) is 0 Å². The number of carbonyl (C=O) groups excluding carboxylic acids is 1. The third-order valence-corrected chi connectivity index (χ3v) is 3.45. The van der Waals surface area contributed by atoms with Crippen molar-refractivity contribution in [1.29, 1.82) is 5.26 Å². The Bertz CT molecular complexity index is 690. The highest BCUT2D eigenvalue weighted by molar-refractivity contribution is 9.10. The fourth-order valence-electron chi connectivity index (χ4n) is 1.67. The molecule has 0 spiro atoms. The van der Waals surface area contributed by atoms with Gasteiger partial charge in [-0.25, -0.2) is 0 Å². The van der Waals surface area contributed by atoms with Gasteiger partial charge < -0.3 is 9.47 Å². The molecule has 0 saturated heterocycles. The first-order chi connectivity index (χ1) is 10.1. The lowest BCUT2D eigenvalue weighted by Gasteiger charge is -2.12. The topological polar surface area (TPSA) is 59.3 Å². The first-order valence-electron chi connectivity index (χ1n) is 6.19. The summed E-state index contributed by atoms with van der Waals surface area (Å²) in [6.45, 7) is 1.49. The van der Waals surface area contributed by atoms with Gasteiger partial charge in [0.05, 0.1) is 11.6 Å². The summed E-state index contributed by atoms with van der Waals surface area (Å²) >= 11 is 3.42. The maximum absolute atomic E-state index is 11.0. The molecule has 21 heavy (non-hydrogen) atoms. The Morgan fingerprint density at radius 3 is 2.57 bits per heavy atom. The van der Waals surface area contributed by atoms with E-state index in [9.17, 15) is 4.79 Å². The van der Waals surface area contributed by atoms with E-state index in [1.807, 2.05) is 12.1 Å². The number of nitrogens with zero attached hydrogens (tertiary/aromatic N) is 1. The standard InChI is InChI=1S/C16H12BrNO3/c1-11(19)20-10-14-15(17)3-2-4-16(14)21-13-7-5-12(9-18)6-8-13/h2-8H,10H2,1H3. The number of carbonyl (C=O) groups is 1. The predicted octanol–water partition coefficient (Wildman–Crippen LogP) is 4.18. The summed E-state index contributed by atoms with van der Waals surface area (Å²) in [7, 11) is 0. The van der Waals surface area contributed by atoms with Gasteiger partial charge in [-0.05, 0) is 36.4 Å². The maximum atomic E-state index is 11.0. The minimum Gasteiger partial charge on any atom is -0.461 e. The van der Waals surface area contributed by atoms with E-state index in [2.05, 4.69) is 22.0 Å². The molecule has 0 saturated carbocycles. The van der Waals surface area contributed by atoms with Crippen molar-refractivity contribution in [3.05, 3.63) is 58.1 Å². The second-order valence-corrected chi connectivity index (χ2v) is 5.09. The number of hydrogen-bond donors (Lipinski definition) is 0. The van der Waals surface area contributed by atoms with Crippen LogP contribution in [0.15, 0.2) is 46.9 Å². The molecule has 0 radical (unpaired) electrons. The van der Waals surface area contributed by atoms with Gasteiger partial charge in [-0.15, -0.1) is 0 Å². The summed E-state index contributed by atoms with van der Waals surface area (Å²) in [6.07, 6.45) is 0. The highest BCUT2D eigenvalue weighted by Crippen LogP contribution is 2.31. The third-order valence-electron chi connectivity index (χ3n) is 2.71. The van der Waals surface area contributed by atoms with Crippen molar-refractivity contribution in [3.8, 4) is 17.6 Å². The Kier molecular flexibility index (Phi) is 4.96. The van der Waals surface area contributed by atoms with Crippen LogP contribution in [0.2, 0.25) is 0 Å². The Morgan fingerprint density at radius 2 is 1.95 bits per heavy atom. The number of ether oxygens (including phenoxy) is 2. The molecule has 0 heterocycles. The van der Waals surface area contributed by atoms with Crippen LogP contribution in [0.5, 0.6) is 11.5 Å². The molecule has 0 fully saturated rings. The van der Waals surface area contributed by atoms with Crippen LogP contribution in [-0.2, 0) is 16.1 Å². The van der Waals surface area contributed by atoms with Crippen LogP contribution < -0.4 is 4.74 Å². The van der Waals surface area contributed by atoms with E-state index in [0.29, 0.717) is 17.1 Å². The molecule has 0 bridgehead atoms. The van der Waals surface area contributed by atoms with E-state index < -0.39 is 0 Å². The number of rotatable bonds is 4. The second-order valence-electron chi connectivity index (χ2n) is 4.24. The van der Waals surface area contributed by atoms with Crippen LogP contribution in [0.1, 0.15) is 18.1 Å². The molecule has 0 aliphatic rings. The first-order valence-corrected chi connectivity index (χ1v) is 6.98. The smallest absolute Gasteiger partial charge is 0.302 e. The van der Waals surface area contributed by atoms with Gasteiger partial charge >= 0.3 is 5.97 Å². The van der Waals surface area contributed by atoms with Crippen molar-refractivity contribution >= 4 is 21.9 Å². The average Bonchev–Trinajstić information content (AvgIpc) is 2.47. The van der Waals surface area contributed by atoms with Gasteiger partial charge in [-0.3, -0.25) is 4.79 Å². The Morgan fingerprint density at radius 1 is 1.24 bits per heavy atom. The number of hydrogen-bond acceptors (Lipinski definition) is 4. The van der Waals surface area contributed by atoms with Gasteiger partial charge in [-0.1, -0.05) is 22.0 Å². The lowest BCUT2D eigenvalue weighted by Crippen LogP contribution is -2.01. The summed E-state index contributed by atoms with van der Waals surface area (Å²) in [5.74, 6) is 0.849. The summed E-state index contributed by atoms with van der Waals surface area (Å²) in [6, 6.07) is 14.3. The van der Waals surface area contributed by atoms with E-state index in [1.54, 1.807) is 30.3 Å². The van der Waals surface area contributed by atoms with Gasteiger partial charge in [0.1, 0.15) is 18.1 Å². The summed E-state index contributed by atoms with van der Waals surface area (Å²) < 4.78 is 11.6. The largest absolute Gasteiger partial charge is 0.461 e. The highest BCUT2D eigenvalue weighted by atomic mass is 79.9. The van der Waals surface area contributed by atoms with E-state index in [-0.39, 0.29) is 12.6 Å². The quantitative estimate of drug-likeness (QED) is 0.780. The van der Waals surface area contributed by atoms with E-state index >= 15 is 0 Å². The molecule has 4 nitrogen and oxygen atoms in total. The molecule has 0 unspecified atom stereocenters. The Labute approximate surface area is 131 Å². The Balaban J connectivity index is 2.24. The SMILES string of the molecule is CC(=O)OCc1c(Br)cccc1Oc1ccc(C#N)cc1. The molecule has 0 N–H and O–H groups in total. The summed E-state index contributed by atoms with van der Waals surface area (Å²) in [4.78, 5) is 11.0. The molecule has 106 valence electrons. The van der Waals surface area contributed by atoms with Crippen LogP contribution >= 0.6 is 15.9 Å². The highest BCUT2D eigenvalue weighted by Gasteiger charge is 2.10. The molecule has 0 aromatic heterocycles. The molecule has 5 heteroatoms. The van der Waals surface area contributed by atoms with Crippen LogP contribution in [0.25, 0.3) is 0 Å². The van der Waals surface area contributed by atoms with Crippen molar-refractivity contribution in [2.75, 3.05) is 0 Å². The van der Waals surface area contributed by atoms with Gasteiger partial charge in [0.25, 0.3) is 0 Å². The molecular formula is C16H12BrNO3. The monoisotopic (exact) mass is 345 g/mol. The Hall–Kier alpha value is -2.32.